The molecule has 0 spiro atoms. The van der Waals surface area contributed by atoms with Crippen LogP contribution in [-0.2, 0) is 17.6 Å². The predicted molar refractivity (Wildman–Crippen MR) is 98.0 cm³/mol. The van der Waals surface area contributed by atoms with Crippen molar-refractivity contribution >= 4 is 34.0 Å². The Bertz CT molecular complexity index is 776. The fraction of sp³-hybridized carbons (Fsp3) is 0.333. The number of methoxy groups -OCH3 is 1. The molecule has 1 N–H and O–H groups in total. The predicted octanol–water partition coefficient (Wildman–Crippen LogP) is 4.24. The number of aryl methyl sites for hydroxylation is 1. The maximum Gasteiger partial charge on any atom is 0.225 e. The number of amides is 1. The van der Waals surface area contributed by atoms with Gasteiger partial charge in [0.1, 0.15) is 16.8 Å². The van der Waals surface area contributed by atoms with Gasteiger partial charge in [0.2, 0.25) is 5.91 Å². The number of benzene rings is 1. The Morgan fingerprint density at radius 3 is 2.88 bits per heavy atom. The normalized spacial score (nSPS) is 12.5. The first kappa shape index (κ1) is 16.9. The number of nitrogens with one attached hydrogen (secondary N) is 1. The summed E-state index contributed by atoms with van der Waals surface area (Å²) < 4.78 is 5.13. The molecule has 124 valence electrons. The Labute approximate surface area is 149 Å². The second-order valence-electron chi connectivity index (χ2n) is 5.50. The summed E-state index contributed by atoms with van der Waals surface area (Å²) in [6.45, 7) is 0. The van der Waals surface area contributed by atoms with Gasteiger partial charge in [-0.25, -0.2) is 0 Å². The summed E-state index contributed by atoms with van der Waals surface area (Å²) in [4.78, 5) is 14.5. The molecule has 0 aliphatic heterocycles. The van der Waals surface area contributed by atoms with E-state index in [0.29, 0.717) is 17.7 Å². The topological polar surface area (TPSA) is 62.1 Å². The molecule has 0 unspecified atom stereocenters. The number of rotatable bonds is 6. The zero-order valence-electron chi connectivity index (χ0n) is 13.4. The highest BCUT2D eigenvalue weighted by Gasteiger charge is 2.22. The second-order valence-corrected chi connectivity index (χ2v) is 7.77. The van der Waals surface area contributed by atoms with E-state index in [0.717, 1.165) is 40.5 Å². The summed E-state index contributed by atoms with van der Waals surface area (Å²) in [5.74, 6) is 1.49. The van der Waals surface area contributed by atoms with Crippen LogP contribution >= 0.6 is 23.1 Å². The van der Waals surface area contributed by atoms with E-state index in [-0.39, 0.29) is 5.91 Å². The van der Waals surface area contributed by atoms with Crippen LogP contribution in [0.5, 0.6) is 5.75 Å². The number of fused-ring (bicyclic) bond motifs is 1. The minimum atomic E-state index is -0.0348. The van der Waals surface area contributed by atoms with Gasteiger partial charge in [-0.2, -0.15) is 5.26 Å². The highest BCUT2D eigenvalue weighted by Crippen LogP contribution is 2.38. The van der Waals surface area contributed by atoms with E-state index in [1.165, 1.54) is 4.88 Å². The van der Waals surface area contributed by atoms with E-state index in [1.54, 1.807) is 30.2 Å². The molecule has 0 radical (unpaired) electrons. The van der Waals surface area contributed by atoms with E-state index in [9.17, 15) is 10.1 Å². The summed E-state index contributed by atoms with van der Waals surface area (Å²) in [6.07, 6.45) is 3.52. The second kappa shape index (κ2) is 7.73. The van der Waals surface area contributed by atoms with Crippen LogP contribution in [0.25, 0.3) is 0 Å². The van der Waals surface area contributed by atoms with Gasteiger partial charge in [0, 0.05) is 21.9 Å². The van der Waals surface area contributed by atoms with Crippen LogP contribution in [0.4, 0.5) is 5.00 Å². The van der Waals surface area contributed by atoms with Gasteiger partial charge in [0.05, 0.1) is 12.7 Å². The van der Waals surface area contributed by atoms with Gasteiger partial charge < -0.3 is 10.1 Å². The van der Waals surface area contributed by atoms with Crippen LogP contribution in [-0.4, -0.2) is 18.8 Å². The van der Waals surface area contributed by atoms with Crippen molar-refractivity contribution in [1.82, 2.24) is 0 Å². The lowest BCUT2D eigenvalue weighted by atomic mass is 10.1. The first-order chi connectivity index (χ1) is 11.7. The van der Waals surface area contributed by atoms with Crippen molar-refractivity contribution in [2.75, 3.05) is 18.2 Å². The van der Waals surface area contributed by atoms with Gasteiger partial charge in [-0.3, -0.25) is 4.79 Å². The van der Waals surface area contributed by atoms with Crippen molar-refractivity contribution in [2.24, 2.45) is 0 Å². The Balaban J connectivity index is 1.52. The molecular formula is C18H18N2O2S2. The molecule has 0 fully saturated rings. The summed E-state index contributed by atoms with van der Waals surface area (Å²) in [6, 6.07) is 10.0. The van der Waals surface area contributed by atoms with Crippen molar-refractivity contribution in [1.29, 1.82) is 5.26 Å². The standard InChI is InChI=1S/C18H18N2O2S2/c1-22-12-5-7-13(8-6-12)23-10-9-17(21)20-18-15(11-19)14-3-2-4-16(14)24-18/h5-8H,2-4,9-10H2,1H3,(H,20,21). The lowest BCUT2D eigenvalue weighted by Gasteiger charge is -2.05. The summed E-state index contributed by atoms with van der Waals surface area (Å²) in [5, 5.41) is 13.0. The molecule has 1 aliphatic rings. The third-order valence-electron chi connectivity index (χ3n) is 3.94. The maximum atomic E-state index is 12.2. The molecular weight excluding hydrogens is 340 g/mol. The molecule has 6 heteroatoms. The average Bonchev–Trinajstić information content (AvgIpc) is 3.16. The minimum Gasteiger partial charge on any atom is -0.497 e. The van der Waals surface area contributed by atoms with Crippen LogP contribution in [0.2, 0.25) is 0 Å². The Hall–Kier alpha value is -1.97. The Morgan fingerprint density at radius 1 is 1.38 bits per heavy atom. The van der Waals surface area contributed by atoms with Crippen LogP contribution in [0.15, 0.2) is 29.2 Å². The maximum absolute atomic E-state index is 12.2. The van der Waals surface area contributed by atoms with E-state index < -0.39 is 0 Å². The number of ether oxygens (including phenoxy) is 1. The molecule has 2 aromatic rings. The van der Waals surface area contributed by atoms with E-state index in [1.807, 2.05) is 24.3 Å². The van der Waals surface area contributed by atoms with Gasteiger partial charge in [-0.05, 0) is 49.1 Å². The van der Waals surface area contributed by atoms with Crippen LogP contribution in [0.3, 0.4) is 0 Å². The number of carbonyl (C=O) groups excluding carboxylic acids is 1. The number of nitriles is 1. The van der Waals surface area contributed by atoms with Crippen molar-refractivity contribution < 1.29 is 9.53 Å². The number of hydrogen-bond donors (Lipinski definition) is 1. The average molecular weight is 358 g/mol. The van der Waals surface area contributed by atoms with Crippen molar-refractivity contribution in [3.63, 3.8) is 0 Å². The van der Waals surface area contributed by atoms with Crippen molar-refractivity contribution in [3.05, 3.63) is 40.3 Å². The zero-order valence-corrected chi connectivity index (χ0v) is 15.1. The molecule has 1 aliphatic carbocycles. The molecule has 1 aromatic heterocycles. The van der Waals surface area contributed by atoms with Crippen molar-refractivity contribution in [2.45, 2.75) is 30.6 Å². The van der Waals surface area contributed by atoms with E-state index in [4.69, 9.17) is 4.74 Å². The zero-order chi connectivity index (χ0) is 16.9. The van der Waals surface area contributed by atoms with E-state index in [2.05, 4.69) is 11.4 Å². The summed E-state index contributed by atoms with van der Waals surface area (Å²) >= 11 is 3.19. The van der Waals surface area contributed by atoms with Crippen LogP contribution in [0, 0.1) is 11.3 Å². The van der Waals surface area contributed by atoms with Crippen LogP contribution in [0.1, 0.15) is 28.8 Å². The highest BCUT2D eigenvalue weighted by molar-refractivity contribution is 7.99. The molecule has 1 heterocycles. The number of carbonyl (C=O) groups is 1. The third-order valence-corrected chi connectivity index (χ3v) is 6.16. The van der Waals surface area contributed by atoms with Gasteiger partial charge in [-0.1, -0.05) is 0 Å². The smallest absolute Gasteiger partial charge is 0.225 e. The molecule has 0 saturated heterocycles. The van der Waals surface area contributed by atoms with Gasteiger partial charge in [0.25, 0.3) is 0 Å². The van der Waals surface area contributed by atoms with Crippen molar-refractivity contribution in [3.8, 4) is 11.8 Å². The molecule has 1 amide bonds. The number of anilines is 1. The first-order valence-electron chi connectivity index (χ1n) is 7.82. The van der Waals surface area contributed by atoms with Crippen LogP contribution < -0.4 is 10.1 Å². The fourth-order valence-electron chi connectivity index (χ4n) is 2.73. The molecule has 24 heavy (non-hydrogen) atoms. The summed E-state index contributed by atoms with van der Waals surface area (Å²) in [7, 11) is 1.64. The molecule has 3 rings (SSSR count). The minimum absolute atomic E-state index is 0.0348. The SMILES string of the molecule is COc1ccc(SCCC(=O)Nc2sc3c(c2C#N)CCC3)cc1. The fourth-order valence-corrected chi connectivity index (χ4v) is 4.84. The van der Waals surface area contributed by atoms with Gasteiger partial charge >= 0.3 is 0 Å². The van der Waals surface area contributed by atoms with Gasteiger partial charge in [0.15, 0.2) is 0 Å². The number of nitrogens with zero attached hydrogens (tertiary/aromatic N) is 1. The number of thioether (sulfide) groups is 1. The van der Waals surface area contributed by atoms with Gasteiger partial charge in [-0.15, -0.1) is 23.1 Å². The third kappa shape index (κ3) is 3.74. The lowest BCUT2D eigenvalue weighted by Crippen LogP contribution is -2.12. The molecule has 0 saturated carbocycles. The highest BCUT2D eigenvalue weighted by atomic mass is 32.2. The molecule has 0 bridgehead atoms. The Kier molecular flexibility index (Phi) is 5.44. The quantitative estimate of drug-likeness (QED) is 0.785. The van der Waals surface area contributed by atoms with E-state index >= 15 is 0 Å². The molecule has 0 atom stereocenters. The molecule has 1 aromatic carbocycles. The summed E-state index contributed by atoms with van der Waals surface area (Å²) in [5.41, 5.74) is 1.81. The largest absolute Gasteiger partial charge is 0.497 e. The Morgan fingerprint density at radius 2 is 2.17 bits per heavy atom. The number of hydrogen-bond acceptors (Lipinski definition) is 5. The first-order valence-corrected chi connectivity index (χ1v) is 9.63. The monoisotopic (exact) mass is 358 g/mol. The lowest BCUT2D eigenvalue weighted by molar-refractivity contribution is -0.115. The number of thiophene rings is 1. The molecule has 4 nitrogen and oxygen atoms in total.